The standard InChI is InChI=1S/C18H33F2NO4/c1-17(2,3)25-15-8-14(9-15)23-7-5-6-22-12-18(19,20)13-24-16-10-21(4)11-16/h14-16H,5-13H2,1-4H3. The lowest BCUT2D eigenvalue weighted by atomic mass is 9.91. The molecule has 1 aliphatic carbocycles. The van der Waals surface area contributed by atoms with Crippen LogP contribution in [0.4, 0.5) is 8.78 Å². The summed E-state index contributed by atoms with van der Waals surface area (Å²) < 4.78 is 49.0. The summed E-state index contributed by atoms with van der Waals surface area (Å²) in [6, 6.07) is 0. The molecule has 7 heteroatoms. The molecule has 0 amide bonds. The number of likely N-dealkylation sites (N-methyl/N-ethyl adjacent to an activating group) is 1. The number of likely N-dealkylation sites (tertiary alicyclic amines) is 1. The van der Waals surface area contributed by atoms with Crippen LogP contribution < -0.4 is 0 Å². The lowest BCUT2D eigenvalue weighted by Gasteiger charge is -2.39. The molecule has 1 saturated carbocycles. The third-order valence-corrected chi connectivity index (χ3v) is 4.23. The van der Waals surface area contributed by atoms with Gasteiger partial charge >= 0.3 is 0 Å². The molecule has 0 aromatic carbocycles. The van der Waals surface area contributed by atoms with Crippen LogP contribution in [0.1, 0.15) is 40.0 Å². The number of rotatable bonds is 11. The Bertz CT molecular complexity index is 391. The first-order valence-electron chi connectivity index (χ1n) is 9.18. The van der Waals surface area contributed by atoms with Gasteiger partial charge < -0.3 is 23.8 Å². The molecule has 25 heavy (non-hydrogen) atoms. The Morgan fingerprint density at radius 3 is 2.20 bits per heavy atom. The van der Waals surface area contributed by atoms with E-state index in [-0.39, 0.29) is 30.5 Å². The molecule has 0 bridgehead atoms. The fraction of sp³-hybridized carbons (Fsp3) is 1.00. The zero-order valence-electron chi connectivity index (χ0n) is 15.9. The molecule has 2 aliphatic rings. The lowest BCUT2D eigenvalue weighted by Crippen LogP contribution is -2.51. The van der Waals surface area contributed by atoms with Crippen molar-refractivity contribution in [3.63, 3.8) is 0 Å². The van der Waals surface area contributed by atoms with Crippen molar-refractivity contribution in [2.45, 2.75) is 69.9 Å². The van der Waals surface area contributed by atoms with Gasteiger partial charge in [-0.15, -0.1) is 0 Å². The van der Waals surface area contributed by atoms with Gasteiger partial charge in [0.1, 0.15) is 13.2 Å². The van der Waals surface area contributed by atoms with Crippen molar-refractivity contribution in [3.05, 3.63) is 0 Å². The van der Waals surface area contributed by atoms with Crippen molar-refractivity contribution < 1.29 is 27.7 Å². The quantitative estimate of drug-likeness (QED) is 0.527. The maximum atomic E-state index is 13.6. The Morgan fingerprint density at radius 1 is 0.920 bits per heavy atom. The first kappa shape index (κ1) is 21.0. The van der Waals surface area contributed by atoms with E-state index in [9.17, 15) is 8.78 Å². The number of hydrogen-bond donors (Lipinski definition) is 0. The maximum Gasteiger partial charge on any atom is 0.293 e. The molecule has 148 valence electrons. The van der Waals surface area contributed by atoms with Gasteiger partial charge in [-0.05, 0) is 47.1 Å². The van der Waals surface area contributed by atoms with Gasteiger partial charge in [0.05, 0.1) is 23.9 Å². The molecule has 1 saturated heterocycles. The third-order valence-electron chi connectivity index (χ3n) is 4.23. The van der Waals surface area contributed by atoms with Crippen molar-refractivity contribution in [3.8, 4) is 0 Å². The second-order valence-corrected chi connectivity index (χ2v) is 8.23. The van der Waals surface area contributed by atoms with E-state index >= 15 is 0 Å². The molecular formula is C18H33F2NO4. The van der Waals surface area contributed by atoms with Crippen LogP contribution in [0.5, 0.6) is 0 Å². The minimum atomic E-state index is -2.93. The second kappa shape index (κ2) is 9.04. The van der Waals surface area contributed by atoms with Crippen LogP contribution in [0, 0.1) is 0 Å². The van der Waals surface area contributed by atoms with Crippen LogP contribution in [0.15, 0.2) is 0 Å². The third kappa shape index (κ3) is 8.26. The second-order valence-electron chi connectivity index (χ2n) is 8.23. The molecule has 1 aliphatic heterocycles. The molecule has 0 aromatic heterocycles. The highest BCUT2D eigenvalue weighted by molar-refractivity contribution is 4.83. The SMILES string of the molecule is CN1CC(OCC(F)(F)COCCCOC2CC(OC(C)(C)C)C2)C1. The van der Waals surface area contributed by atoms with Crippen molar-refractivity contribution >= 4 is 0 Å². The van der Waals surface area contributed by atoms with Gasteiger partial charge in [-0.3, -0.25) is 0 Å². The average molecular weight is 365 g/mol. The molecule has 2 rings (SSSR count). The van der Waals surface area contributed by atoms with E-state index in [1.54, 1.807) is 0 Å². The van der Waals surface area contributed by atoms with E-state index in [0.29, 0.717) is 13.0 Å². The molecule has 1 heterocycles. The molecule has 0 atom stereocenters. The molecule has 0 N–H and O–H groups in total. The number of ether oxygens (including phenoxy) is 4. The highest BCUT2D eigenvalue weighted by atomic mass is 19.3. The Morgan fingerprint density at radius 2 is 1.60 bits per heavy atom. The van der Waals surface area contributed by atoms with Crippen LogP contribution >= 0.6 is 0 Å². The smallest absolute Gasteiger partial charge is 0.293 e. The number of halogens is 2. The molecule has 0 radical (unpaired) electrons. The Balaban J connectivity index is 1.40. The minimum absolute atomic E-state index is 0.0714. The van der Waals surface area contributed by atoms with E-state index in [1.807, 2.05) is 32.7 Å². The van der Waals surface area contributed by atoms with Crippen LogP contribution in [0.3, 0.4) is 0 Å². The predicted molar refractivity (Wildman–Crippen MR) is 91.2 cm³/mol. The Hall–Kier alpha value is -0.340. The van der Waals surface area contributed by atoms with Crippen LogP contribution in [0.25, 0.3) is 0 Å². The highest BCUT2D eigenvalue weighted by Gasteiger charge is 2.34. The number of hydrogen-bond acceptors (Lipinski definition) is 5. The Kier molecular flexibility index (Phi) is 7.58. The van der Waals surface area contributed by atoms with Crippen molar-refractivity contribution in [2.24, 2.45) is 0 Å². The summed E-state index contributed by atoms with van der Waals surface area (Å²) in [7, 11) is 1.94. The maximum absolute atomic E-state index is 13.6. The summed E-state index contributed by atoms with van der Waals surface area (Å²) in [6.07, 6.45) is 2.86. The zero-order valence-corrected chi connectivity index (χ0v) is 15.9. The summed E-state index contributed by atoms with van der Waals surface area (Å²) in [5.74, 6) is -2.93. The highest BCUT2D eigenvalue weighted by Crippen LogP contribution is 2.29. The van der Waals surface area contributed by atoms with Gasteiger partial charge in [-0.25, -0.2) is 8.78 Å². The van der Waals surface area contributed by atoms with Crippen molar-refractivity contribution in [1.82, 2.24) is 4.90 Å². The number of alkyl halides is 2. The normalized spacial score (nSPS) is 25.7. The van der Waals surface area contributed by atoms with Crippen LogP contribution in [-0.2, 0) is 18.9 Å². The lowest BCUT2D eigenvalue weighted by molar-refractivity contribution is -0.160. The van der Waals surface area contributed by atoms with Crippen LogP contribution in [-0.4, -0.2) is 81.3 Å². The molecule has 0 unspecified atom stereocenters. The summed E-state index contributed by atoms with van der Waals surface area (Å²) in [6.45, 7) is 7.21. The van der Waals surface area contributed by atoms with Crippen LogP contribution in [0.2, 0.25) is 0 Å². The molecule has 0 aromatic rings. The fourth-order valence-corrected chi connectivity index (χ4v) is 2.91. The first-order valence-corrected chi connectivity index (χ1v) is 9.18. The molecular weight excluding hydrogens is 332 g/mol. The van der Waals surface area contributed by atoms with Gasteiger partial charge in [0.25, 0.3) is 5.92 Å². The van der Waals surface area contributed by atoms with Gasteiger partial charge in [0.15, 0.2) is 0 Å². The predicted octanol–water partition coefficient (Wildman–Crippen LogP) is 2.72. The van der Waals surface area contributed by atoms with E-state index in [0.717, 1.165) is 25.9 Å². The Labute approximate surface area is 149 Å². The van der Waals surface area contributed by atoms with Crippen molar-refractivity contribution in [1.29, 1.82) is 0 Å². The molecule has 0 spiro atoms. The van der Waals surface area contributed by atoms with Gasteiger partial charge in [-0.2, -0.15) is 0 Å². The topological polar surface area (TPSA) is 40.2 Å². The van der Waals surface area contributed by atoms with Gasteiger partial charge in [-0.1, -0.05) is 0 Å². The van der Waals surface area contributed by atoms with E-state index in [4.69, 9.17) is 18.9 Å². The fourth-order valence-electron chi connectivity index (χ4n) is 2.91. The summed E-state index contributed by atoms with van der Waals surface area (Å²) >= 11 is 0. The van der Waals surface area contributed by atoms with E-state index in [1.165, 1.54) is 0 Å². The monoisotopic (exact) mass is 365 g/mol. The molecule has 2 fully saturated rings. The molecule has 5 nitrogen and oxygen atoms in total. The van der Waals surface area contributed by atoms with E-state index in [2.05, 4.69) is 0 Å². The zero-order chi connectivity index (χ0) is 18.5. The van der Waals surface area contributed by atoms with Gasteiger partial charge in [0.2, 0.25) is 0 Å². The summed E-state index contributed by atoms with van der Waals surface area (Å²) in [5, 5.41) is 0. The minimum Gasteiger partial charge on any atom is -0.378 e. The largest absolute Gasteiger partial charge is 0.378 e. The van der Waals surface area contributed by atoms with Crippen molar-refractivity contribution in [2.75, 3.05) is 46.6 Å². The number of nitrogens with zero attached hydrogens (tertiary/aromatic N) is 1. The summed E-state index contributed by atoms with van der Waals surface area (Å²) in [5.41, 5.74) is -0.118. The first-order chi connectivity index (χ1) is 11.6. The average Bonchev–Trinajstić information content (AvgIpc) is 2.41. The summed E-state index contributed by atoms with van der Waals surface area (Å²) in [4.78, 5) is 2.03. The van der Waals surface area contributed by atoms with E-state index < -0.39 is 19.1 Å². The van der Waals surface area contributed by atoms with Gasteiger partial charge in [0, 0.05) is 26.3 Å².